The van der Waals surface area contributed by atoms with E-state index >= 15 is 9.59 Å². The molecule has 33 nitrogen and oxygen atoms in total. The van der Waals surface area contributed by atoms with Gasteiger partial charge in [-0.1, -0.05) is 38.3 Å². The molecule has 3 heterocycles. The van der Waals surface area contributed by atoms with Crippen LogP contribution < -0.4 is 70.3 Å². The first-order chi connectivity index (χ1) is 40.1. The van der Waals surface area contributed by atoms with Gasteiger partial charge in [-0.25, -0.2) is 14.4 Å². The second-order valence-corrected chi connectivity index (χ2v) is 21.5. The van der Waals surface area contributed by atoms with Crippen molar-refractivity contribution in [2.45, 2.75) is 145 Å². The molecule has 1 aromatic carbocycles. The number of ether oxygens (including phenoxy) is 4. The number of β-amino-alcohol motifs (C(OH)–C–C–N with tert-alkyl or cyclic N) is 1. The van der Waals surface area contributed by atoms with Gasteiger partial charge >= 0.3 is 47.9 Å². The van der Waals surface area contributed by atoms with E-state index in [0.717, 1.165) is 33.8 Å². The van der Waals surface area contributed by atoms with Crippen LogP contribution in [0.15, 0.2) is 43.5 Å². The smallest absolute Gasteiger partial charge is 0.691 e. The van der Waals surface area contributed by atoms with Gasteiger partial charge in [0, 0.05) is 51.4 Å². The number of aliphatic hydroxyl groups excluding tert-OH is 8. The van der Waals surface area contributed by atoms with E-state index in [1.54, 1.807) is 0 Å². The molecule has 3 aliphatic rings. The van der Waals surface area contributed by atoms with Crippen LogP contribution in [0.25, 0.3) is 0 Å². The van der Waals surface area contributed by atoms with Gasteiger partial charge in [-0.3, -0.25) is 33.8 Å². The average Bonchev–Trinajstić information content (AvgIpc) is 3.68. The van der Waals surface area contributed by atoms with Crippen molar-refractivity contribution in [2.75, 3.05) is 52.6 Å². The predicted octanol–water partition coefficient (Wildman–Crippen LogP) is -8.03. The van der Waals surface area contributed by atoms with Crippen LogP contribution in [0.5, 0.6) is 11.5 Å². The number of fused-ring (bicyclic) bond motifs is 2. The molecular weight excluding hydrogens is 1180 g/mol. The average molecular weight is 1260 g/mol. The summed E-state index contributed by atoms with van der Waals surface area (Å²) in [7, 11) is 0. The summed E-state index contributed by atoms with van der Waals surface area (Å²) in [5, 5.41) is 115. The van der Waals surface area contributed by atoms with E-state index in [9.17, 15) is 79.7 Å². The van der Waals surface area contributed by atoms with Gasteiger partial charge in [0.05, 0.1) is 55.9 Å². The molecule has 4 rings (SSSR count). The number of hydrogen-bond acceptors (Lipinski definition) is 26. The minimum Gasteiger partial charge on any atom is -0.691 e. The Morgan fingerprint density at radius 3 is 2.08 bits per heavy atom. The fourth-order valence-corrected chi connectivity index (χ4v) is 9.45. The van der Waals surface area contributed by atoms with Crippen LogP contribution in [0.1, 0.15) is 59.4 Å². The van der Waals surface area contributed by atoms with E-state index in [1.807, 2.05) is 0 Å². The summed E-state index contributed by atoms with van der Waals surface area (Å²) >= 11 is -0.0624. The fraction of sp³-hybridized carbons (Fsp3) is 0.627. The number of hydrogen-bond donors (Lipinski definition) is 13. The summed E-state index contributed by atoms with van der Waals surface area (Å²) in [6.45, 7) is 9.12. The van der Waals surface area contributed by atoms with Crippen molar-refractivity contribution in [1.82, 2.24) is 41.3 Å². The van der Waals surface area contributed by atoms with Gasteiger partial charge in [-0.2, -0.15) is 0 Å². The second-order valence-electron chi connectivity index (χ2n) is 21.1. The van der Waals surface area contributed by atoms with Crippen molar-refractivity contribution in [2.24, 2.45) is 5.92 Å². The molecule has 1 aromatic rings. The van der Waals surface area contributed by atoms with E-state index in [0.29, 0.717) is 0 Å². The number of nitrogens with one attached hydrogen (secondary N) is 5. The van der Waals surface area contributed by atoms with E-state index in [-0.39, 0.29) is 66.4 Å². The summed E-state index contributed by atoms with van der Waals surface area (Å²) in [5.74, 6) is -9.35. The molecule has 0 unspecified atom stereocenters. The number of benzene rings is 1. The number of rotatable bonds is 21. The SMILES string of the molecule is C=CCOC(=O)Oc1ccc(C[C@@H](O)[C@@H]2NC(=O)[C@@H]3C[C@@H](O)CN3C(=O)[C@H]([C@@H](C)O)NC(=O)[C@@H](NC(=O)OC(C)(C)C)C[C@@H](O)CNC(=O)[C@@H]3[C@@H](O)[C@@H](C)CN3C(=O)[C@H]([C@H](O)CCN(C(=O)OCC=C)C(CO)CO)NC2=O)cc1OSOO[O-].[Na+]. The van der Waals surface area contributed by atoms with Crippen LogP contribution >= 0.6 is 12.3 Å². The van der Waals surface area contributed by atoms with Crippen molar-refractivity contribution in [1.29, 1.82) is 0 Å². The van der Waals surface area contributed by atoms with E-state index in [1.165, 1.54) is 45.9 Å². The van der Waals surface area contributed by atoms with E-state index in [2.05, 4.69) is 49.1 Å². The first-order valence-corrected chi connectivity index (χ1v) is 27.3. The molecular formula is C51H75N8NaO25S. The van der Waals surface area contributed by atoms with E-state index in [4.69, 9.17) is 23.1 Å². The Hall–Kier alpha value is -5.96. The molecule has 0 radical (unpaired) electrons. The molecule has 0 aliphatic carbocycles. The van der Waals surface area contributed by atoms with Crippen LogP contribution in [-0.4, -0.2) is 246 Å². The third kappa shape index (κ3) is 21.4. The Kier molecular flexibility index (Phi) is 30.4. The Labute approximate surface area is 520 Å². The maximum Gasteiger partial charge on any atom is 1.00 e. The Balaban J connectivity index is 0.0000194. The van der Waals surface area contributed by atoms with Gasteiger partial charge in [-0.15, -0.1) is 4.33 Å². The molecule has 0 saturated carbocycles. The van der Waals surface area contributed by atoms with Crippen molar-refractivity contribution in [3.05, 3.63) is 49.1 Å². The van der Waals surface area contributed by atoms with Crippen molar-refractivity contribution >= 4 is 66.1 Å². The number of amides is 8. The number of carbonyl (C=O) groups excluding carboxylic acids is 9. The monoisotopic (exact) mass is 1250 g/mol. The first-order valence-electron chi connectivity index (χ1n) is 26.6. The van der Waals surface area contributed by atoms with E-state index < -0.39 is 215 Å². The van der Waals surface area contributed by atoms with Gasteiger partial charge in [0.15, 0.2) is 11.5 Å². The zero-order valence-electron chi connectivity index (χ0n) is 48.1. The van der Waals surface area contributed by atoms with Gasteiger partial charge < -0.3 is 111 Å². The topological polar surface area (TPSA) is 473 Å². The van der Waals surface area contributed by atoms with Gasteiger partial charge in [-0.05, 0) is 51.8 Å². The Bertz CT molecular complexity index is 2510. The summed E-state index contributed by atoms with van der Waals surface area (Å²) in [4.78, 5) is 129. The number of alkyl carbamates (subject to hydrolysis) is 1. The summed E-state index contributed by atoms with van der Waals surface area (Å²) in [6, 6.07) is -9.95. The van der Waals surface area contributed by atoms with Gasteiger partial charge in [0.2, 0.25) is 35.4 Å². The molecule has 3 aliphatic heterocycles. The molecule has 86 heavy (non-hydrogen) atoms. The maximum absolute atomic E-state index is 15.1. The van der Waals surface area contributed by atoms with Crippen LogP contribution in [0, 0.1) is 5.92 Å². The second kappa shape index (κ2) is 35.1. The molecule has 13 atom stereocenters. The van der Waals surface area contributed by atoms with Crippen molar-refractivity contribution in [3.63, 3.8) is 0 Å². The van der Waals surface area contributed by atoms with Crippen LogP contribution in [0.3, 0.4) is 0 Å². The Morgan fingerprint density at radius 2 is 1.47 bits per heavy atom. The molecule has 0 aromatic heterocycles. The molecule has 3 fully saturated rings. The number of aliphatic hydroxyl groups is 8. The summed E-state index contributed by atoms with van der Waals surface area (Å²) in [5.41, 5.74) is -1.14. The fourth-order valence-electron chi connectivity index (χ4n) is 9.19. The van der Waals surface area contributed by atoms with Crippen molar-refractivity contribution in [3.8, 4) is 11.5 Å². The molecule has 0 spiro atoms. The predicted molar refractivity (Wildman–Crippen MR) is 287 cm³/mol. The normalized spacial score (nSPS) is 25.4. The zero-order valence-corrected chi connectivity index (χ0v) is 51.0. The molecule has 8 amide bonds. The summed E-state index contributed by atoms with van der Waals surface area (Å²) < 4.78 is 29.8. The molecule has 13 N–H and O–H groups in total. The van der Waals surface area contributed by atoms with Gasteiger partial charge in [0.1, 0.15) is 55.1 Å². The maximum atomic E-state index is 15.1. The third-order valence-corrected chi connectivity index (χ3v) is 13.7. The van der Waals surface area contributed by atoms with Crippen molar-refractivity contribution < 1.29 is 151 Å². The standard InChI is InChI=1S/C51H76N8O25S.Na/c1-8-14-78-49(75)57(28(23-60)24-61)13-12-33(65)39-47(73)59-21-25(3)41(67)40(59)45(71)52-20-29(63)18-31(53-48(74)81-51(5,6)7)42(68)54-37(26(4)62)46(72)58-22-30(64)19-32(58)43(69)55-38(44(70)56-39)34(66)16-27-10-11-35(80-50(76)79-15-9-2)36(17-27)82-85-84-83-77;/h8-11,17,25-26,28-34,37-41,60-67,77H,1-2,12-16,18-24H2,3-7H3,(H,52,71)(H,53,74)(H,54,68)(H,55,69)(H,56,70);/q;+1/p-1/t25-,26+,29+,30+,31-,32-,33+,34+,37-,38-,39-,40-,41-;/m0./s1. The van der Waals surface area contributed by atoms with Crippen LogP contribution in [-0.2, 0) is 58.8 Å². The zero-order chi connectivity index (χ0) is 63.5. The largest absolute Gasteiger partial charge is 1.00 e. The first kappa shape index (κ1) is 74.3. The van der Waals surface area contributed by atoms with Crippen LogP contribution in [0.4, 0.5) is 14.4 Å². The minimum absolute atomic E-state index is 0. The molecule has 0 bridgehead atoms. The molecule has 35 heteroatoms. The van der Waals surface area contributed by atoms with Crippen LogP contribution in [0.2, 0.25) is 0 Å². The molecule has 476 valence electrons. The quantitative estimate of drug-likeness (QED) is 0.00626. The third-order valence-electron chi connectivity index (χ3n) is 13.4. The Morgan fingerprint density at radius 1 is 0.837 bits per heavy atom. The number of carbonyl (C=O) groups is 9. The summed E-state index contributed by atoms with van der Waals surface area (Å²) in [6.07, 6.45) is -14.9. The molecule has 3 saturated heterocycles. The minimum atomic E-state index is -2.30. The van der Waals surface area contributed by atoms with Gasteiger partial charge in [0.25, 0.3) is 12.3 Å². The number of nitrogens with zero attached hydrogens (tertiary/aromatic N) is 3.